The lowest BCUT2D eigenvalue weighted by molar-refractivity contribution is -0.923. The molecule has 0 unspecified atom stereocenters. The third kappa shape index (κ3) is 6.13. The lowest BCUT2D eigenvalue weighted by Crippen LogP contribution is -2.49. The molecule has 0 aromatic carbocycles. The monoisotopic (exact) mass is 218 g/mol. The van der Waals surface area contributed by atoms with Crippen molar-refractivity contribution in [2.75, 3.05) is 52.6 Å². The Hall–Kier alpha value is -0.120. The van der Waals surface area contributed by atoms with Crippen LogP contribution in [0.4, 0.5) is 0 Å². The fourth-order valence-electron chi connectivity index (χ4n) is 1.77. The van der Waals surface area contributed by atoms with Crippen LogP contribution in [0.5, 0.6) is 0 Å². The van der Waals surface area contributed by atoms with Gasteiger partial charge >= 0.3 is 0 Å². The van der Waals surface area contributed by atoms with Gasteiger partial charge in [-0.25, -0.2) is 0 Å². The van der Waals surface area contributed by atoms with Gasteiger partial charge in [0, 0.05) is 6.61 Å². The molecule has 0 fully saturated rings. The molecule has 0 bridgehead atoms. The number of ether oxygens (including phenoxy) is 2. The molecule has 0 aromatic rings. The van der Waals surface area contributed by atoms with E-state index in [0.717, 1.165) is 37.5 Å². The van der Waals surface area contributed by atoms with Gasteiger partial charge in [0.05, 0.1) is 39.5 Å². The molecular formula is C12H28NO2+. The standard InChI is InChI=1S/C12H28NO2/c1-5-13(6-2,7-3)9-10-15-12-11-14-8-4/h5-12H2,1-4H3/q+1. The molecule has 0 rings (SSSR count). The zero-order valence-corrected chi connectivity index (χ0v) is 10.9. The van der Waals surface area contributed by atoms with E-state index in [4.69, 9.17) is 9.47 Å². The zero-order valence-electron chi connectivity index (χ0n) is 10.9. The molecule has 0 aliphatic carbocycles. The Bertz CT molecular complexity index is 127. The number of likely N-dealkylation sites (N-methyl/N-ethyl adjacent to an activating group) is 1. The van der Waals surface area contributed by atoms with Crippen molar-refractivity contribution < 1.29 is 14.0 Å². The molecule has 0 radical (unpaired) electrons. The molecular weight excluding hydrogens is 190 g/mol. The van der Waals surface area contributed by atoms with Crippen LogP contribution >= 0.6 is 0 Å². The van der Waals surface area contributed by atoms with Gasteiger partial charge in [0.1, 0.15) is 6.54 Å². The summed E-state index contributed by atoms with van der Waals surface area (Å²) in [5.74, 6) is 0. The summed E-state index contributed by atoms with van der Waals surface area (Å²) >= 11 is 0. The summed E-state index contributed by atoms with van der Waals surface area (Å²) in [5, 5.41) is 0. The molecule has 3 nitrogen and oxygen atoms in total. The molecule has 0 heterocycles. The van der Waals surface area contributed by atoms with Crippen molar-refractivity contribution in [2.45, 2.75) is 27.7 Å². The number of nitrogens with zero attached hydrogens (tertiary/aromatic N) is 1. The molecule has 0 saturated carbocycles. The quantitative estimate of drug-likeness (QED) is 0.412. The van der Waals surface area contributed by atoms with Crippen LogP contribution < -0.4 is 0 Å². The second-order valence-electron chi connectivity index (χ2n) is 3.82. The van der Waals surface area contributed by atoms with E-state index in [1.807, 2.05) is 6.92 Å². The second kappa shape index (κ2) is 9.13. The van der Waals surface area contributed by atoms with Crippen LogP contribution in [0.1, 0.15) is 27.7 Å². The topological polar surface area (TPSA) is 18.5 Å². The normalized spacial score (nSPS) is 12.0. The van der Waals surface area contributed by atoms with Gasteiger partial charge in [-0.2, -0.15) is 0 Å². The molecule has 15 heavy (non-hydrogen) atoms. The first-order valence-corrected chi connectivity index (χ1v) is 6.25. The highest BCUT2D eigenvalue weighted by Crippen LogP contribution is 2.04. The summed E-state index contributed by atoms with van der Waals surface area (Å²) in [6, 6.07) is 0. The van der Waals surface area contributed by atoms with E-state index < -0.39 is 0 Å². The van der Waals surface area contributed by atoms with E-state index >= 15 is 0 Å². The van der Waals surface area contributed by atoms with Crippen LogP contribution in [0.15, 0.2) is 0 Å². The third-order valence-corrected chi connectivity index (χ3v) is 3.30. The van der Waals surface area contributed by atoms with Crippen LogP contribution in [-0.2, 0) is 9.47 Å². The van der Waals surface area contributed by atoms with Crippen molar-refractivity contribution >= 4 is 0 Å². The number of hydrogen-bond acceptors (Lipinski definition) is 2. The second-order valence-corrected chi connectivity index (χ2v) is 3.82. The summed E-state index contributed by atoms with van der Waals surface area (Å²) < 4.78 is 11.9. The molecule has 0 atom stereocenters. The minimum atomic E-state index is 0.723. The molecule has 92 valence electrons. The predicted octanol–water partition coefficient (Wildman–Crippen LogP) is 1.92. The minimum Gasteiger partial charge on any atom is -0.379 e. The van der Waals surface area contributed by atoms with Gasteiger partial charge in [0.15, 0.2) is 0 Å². The third-order valence-electron chi connectivity index (χ3n) is 3.30. The van der Waals surface area contributed by atoms with Crippen molar-refractivity contribution in [3.8, 4) is 0 Å². The van der Waals surface area contributed by atoms with Crippen LogP contribution in [0.25, 0.3) is 0 Å². The molecule has 3 heteroatoms. The number of quaternary nitrogens is 1. The Balaban J connectivity index is 3.54. The Labute approximate surface area is 95.0 Å². The Morgan fingerprint density at radius 2 is 1.27 bits per heavy atom. The molecule has 0 aliphatic heterocycles. The van der Waals surface area contributed by atoms with Gasteiger partial charge in [-0.05, 0) is 27.7 Å². The summed E-state index contributed by atoms with van der Waals surface area (Å²) in [6.07, 6.45) is 0. The SMILES string of the molecule is CCOCCOCC[N+](CC)(CC)CC. The molecule has 0 spiro atoms. The largest absolute Gasteiger partial charge is 0.379 e. The predicted molar refractivity (Wildman–Crippen MR) is 64.1 cm³/mol. The molecule has 0 N–H and O–H groups in total. The van der Waals surface area contributed by atoms with E-state index in [9.17, 15) is 0 Å². The highest BCUT2D eigenvalue weighted by atomic mass is 16.5. The van der Waals surface area contributed by atoms with Gasteiger partial charge in [-0.15, -0.1) is 0 Å². The van der Waals surface area contributed by atoms with Crippen molar-refractivity contribution in [2.24, 2.45) is 0 Å². The van der Waals surface area contributed by atoms with E-state index in [2.05, 4.69) is 20.8 Å². The zero-order chi connectivity index (χ0) is 11.6. The molecule has 0 aromatic heterocycles. The number of hydrogen-bond donors (Lipinski definition) is 0. The van der Waals surface area contributed by atoms with Crippen LogP contribution in [0.2, 0.25) is 0 Å². The van der Waals surface area contributed by atoms with Gasteiger partial charge in [0.25, 0.3) is 0 Å². The Kier molecular flexibility index (Phi) is 9.06. The molecule has 0 amide bonds. The maximum absolute atomic E-state index is 5.56. The van der Waals surface area contributed by atoms with Gasteiger partial charge in [0.2, 0.25) is 0 Å². The average molecular weight is 218 g/mol. The van der Waals surface area contributed by atoms with Crippen LogP contribution in [0, 0.1) is 0 Å². The highest BCUT2D eigenvalue weighted by molar-refractivity contribution is 4.38. The lowest BCUT2D eigenvalue weighted by Gasteiger charge is -2.35. The Morgan fingerprint density at radius 3 is 1.73 bits per heavy atom. The fraction of sp³-hybridized carbons (Fsp3) is 1.00. The average Bonchev–Trinajstić information content (AvgIpc) is 2.29. The fourth-order valence-corrected chi connectivity index (χ4v) is 1.77. The number of rotatable bonds is 10. The first-order chi connectivity index (χ1) is 7.24. The van der Waals surface area contributed by atoms with Crippen molar-refractivity contribution in [3.05, 3.63) is 0 Å². The van der Waals surface area contributed by atoms with Gasteiger partial charge < -0.3 is 14.0 Å². The van der Waals surface area contributed by atoms with Crippen LogP contribution in [-0.4, -0.2) is 57.1 Å². The summed E-state index contributed by atoms with van der Waals surface area (Å²) in [5.41, 5.74) is 0. The summed E-state index contributed by atoms with van der Waals surface area (Å²) in [6.45, 7) is 16.6. The first-order valence-electron chi connectivity index (χ1n) is 6.25. The van der Waals surface area contributed by atoms with E-state index in [1.54, 1.807) is 0 Å². The first kappa shape index (κ1) is 14.9. The van der Waals surface area contributed by atoms with Gasteiger partial charge in [-0.1, -0.05) is 0 Å². The van der Waals surface area contributed by atoms with Crippen LogP contribution in [0.3, 0.4) is 0 Å². The summed E-state index contributed by atoms with van der Waals surface area (Å²) in [4.78, 5) is 0. The highest BCUT2D eigenvalue weighted by Gasteiger charge is 2.19. The molecule has 0 saturated heterocycles. The molecule has 0 aliphatic rings. The van der Waals surface area contributed by atoms with Crippen molar-refractivity contribution in [1.82, 2.24) is 0 Å². The van der Waals surface area contributed by atoms with Crippen molar-refractivity contribution in [3.63, 3.8) is 0 Å². The van der Waals surface area contributed by atoms with E-state index in [-0.39, 0.29) is 0 Å². The van der Waals surface area contributed by atoms with Gasteiger partial charge in [-0.3, -0.25) is 0 Å². The summed E-state index contributed by atoms with van der Waals surface area (Å²) in [7, 11) is 0. The van der Waals surface area contributed by atoms with E-state index in [0.29, 0.717) is 0 Å². The minimum absolute atomic E-state index is 0.723. The smallest absolute Gasteiger partial charge is 0.102 e. The van der Waals surface area contributed by atoms with Crippen molar-refractivity contribution in [1.29, 1.82) is 0 Å². The maximum Gasteiger partial charge on any atom is 0.102 e. The maximum atomic E-state index is 5.56. The lowest BCUT2D eigenvalue weighted by atomic mass is 10.3. The Morgan fingerprint density at radius 1 is 0.733 bits per heavy atom. The van der Waals surface area contributed by atoms with E-state index in [1.165, 1.54) is 19.6 Å².